The van der Waals surface area contributed by atoms with Gasteiger partial charge in [0.2, 0.25) is 0 Å². The van der Waals surface area contributed by atoms with Crippen LogP contribution >= 0.6 is 0 Å². The number of halogens is 1. The quantitative estimate of drug-likeness (QED) is 0.577. The maximum Gasteiger partial charge on any atom is 0.333 e. The number of fused-ring (bicyclic) bond motifs is 1. The van der Waals surface area contributed by atoms with Crippen molar-refractivity contribution in [3.63, 3.8) is 0 Å². The second-order valence-corrected chi connectivity index (χ2v) is 6.13. The molecule has 0 atom stereocenters. The van der Waals surface area contributed by atoms with Gasteiger partial charge in [0.15, 0.2) is 0 Å². The molecule has 3 aromatic carbocycles. The summed E-state index contributed by atoms with van der Waals surface area (Å²) in [5, 5.41) is 2.85. The number of H-pyrrole nitrogens is 1. The second kappa shape index (κ2) is 6.96. The van der Waals surface area contributed by atoms with Gasteiger partial charge in [0.25, 0.3) is 11.5 Å². The average molecular weight is 375 g/mol. The minimum absolute atomic E-state index is 0.226. The second-order valence-electron chi connectivity index (χ2n) is 6.13. The van der Waals surface area contributed by atoms with E-state index in [1.807, 2.05) is 0 Å². The fourth-order valence-electron chi connectivity index (χ4n) is 2.94. The van der Waals surface area contributed by atoms with E-state index in [1.165, 1.54) is 36.4 Å². The van der Waals surface area contributed by atoms with Crippen LogP contribution in [-0.4, -0.2) is 15.5 Å². The van der Waals surface area contributed by atoms with E-state index in [0.717, 1.165) is 4.57 Å². The fourth-order valence-corrected chi connectivity index (χ4v) is 2.94. The number of amides is 1. The molecule has 0 bridgehead atoms. The number of hydrogen-bond acceptors (Lipinski definition) is 3. The van der Waals surface area contributed by atoms with Crippen LogP contribution in [0, 0.1) is 5.82 Å². The predicted octanol–water partition coefficient (Wildman–Crippen LogP) is 3.07. The summed E-state index contributed by atoms with van der Waals surface area (Å²) in [6.45, 7) is 0. The van der Waals surface area contributed by atoms with Gasteiger partial charge in [0.1, 0.15) is 5.82 Å². The number of aromatic nitrogens is 2. The normalized spacial score (nSPS) is 10.8. The number of carbonyl (C=O) groups excluding carboxylic acids is 1. The third-order valence-corrected chi connectivity index (χ3v) is 4.26. The largest absolute Gasteiger partial charge is 0.333 e. The summed E-state index contributed by atoms with van der Waals surface area (Å²) >= 11 is 0. The van der Waals surface area contributed by atoms with Gasteiger partial charge < -0.3 is 10.3 Å². The molecule has 2 N–H and O–H groups in total. The standard InChI is InChI=1S/C21H14FN3O3/c22-14-5-4-6-15(12-14)23-19(26)13-9-10-17-18(11-13)24-21(28)25(20(17)27)16-7-2-1-3-8-16/h1-12H,(H,23,26)(H,24,28). The number of carbonyl (C=O) groups is 1. The van der Waals surface area contributed by atoms with Crippen molar-refractivity contribution in [3.8, 4) is 5.69 Å². The highest BCUT2D eigenvalue weighted by atomic mass is 19.1. The SMILES string of the molecule is O=C(Nc1cccc(F)c1)c1ccc2c(=O)n(-c3ccccc3)c(=O)[nH]c2c1. The van der Waals surface area contributed by atoms with Crippen molar-refractivity contribution >= 4 is 22.5 Å². The molecule has 1 aromatic heterocycles. The first-order valence-electron chi connectivity index (χ1n) is 8.44. The minimum atomic E-state index is -0.605. The Labute approximate surface area is 157 Å². The van der Waals surface area contributed by atoms with E-state index in [0.29, 0.717) is 11.4 Å². The maximum absolute atomic E-state index is 13.3. The van der Waals surface area contributed by atoms with E-state index in [-0.39, 0.29) is 16.5 Å². The van der Waals surface area contributed by atoms with Gasteiger partial charge in [0.05, 0.1) is 16.6 Å². The number of nitrogens with zero attached hydrogens (tertiary/aromatic N) is 1. The lowest BCUT2D eigenvalue weighted by molar-refractivity contribution is 0.102. The molecule has 0 spiro atoms. The van der Waals surface area contributed by atoms with E-state index < -0.39 is 23.0 Å². The summed E-state index contributed by atoms with van der Waals surface area (Å²) in [5.74, 6) is -0.956. The summed E-state index contributed by atoms with van der Waals surface area (Å²) in [6, 6.07) is 18.4. The van der Waals surface area contributed by atoms with Crippen molar-refractivity contribution in [2.45, 2.75) is 0 Å². The summed E-state index contributed by atoms with van der Waals surface area (Å²) < 4.78 is 14.3. The lowest BCUT2D eigenvalue weighted by atomic mass is 10.1. The highest BCUT2D eigenvalue weighted by Gasteiger charge is 2.13. The molecule has 4 aromatic rings. The summed E-state index contributed by atoms with van der Waals surface area (Å²) in [6.07, 6.45) is 0. The van der Waals surface area contributed by atoms with Crippen LogP contribution in [0.2, 0.25) is 0 Å². The molecule has 0 saturated heterocycles. The van der Waals surface area contributed by atoms with Crippen LogP contribution in [0.15, 0.2) is 82.4 Å². The number of anilines is 1. The van der Waals surface area contributed by atoms with E-state index >= 15 is 0 Å². The molecule has 138 valence electrons. The van der Waals surface area contributed by atoms with Gasteiger partial charge in [0, 0.05) is 11.3 Å². The minimum Gasteiger partial charge on any atom is -0.322 e. The molecular formula is C21H14FN3O3. The van der Waals surface area contributed by atoms with Crippen molar-refractivity contribution in [3.05, 3.63) is 105 Å². The first-order valence-corrected chi connectivity index (χ1v) is 8.44. The molecule has 0 aliphatic rings. The van der Waals surface area contributed by atoms with Crippen molar-refractivity contribution in [1.29, 1.82) is 0 Å². The first kappa shape index (κ1) is 17.4. The Balaban J connectivity index is 1.75. The van der Waals surface area contributed by atoms with Crippen LogP contribution in [0.5, 0.6) is 0 Å². The zero-order valence-corrected chi connectivity index (χ0v) is 14.5. The van der Waals surface area contributed by atoms with Gasteiger partial charge in [-0.2, -0.15) is 0 Å². The zero-order valence-electron chi connectivity index (χ0n) is 14.5. The van der Waals surface area contributed by atoms with E-state index in [4.69, 9.17) is 0 Å². The predicted molar refractivity (Wildman–Crippen MR) is 105 cm³/mol. The van der Waals surface area contributed by atoms with E-state index in [9.17, 15) is 18.8 Å². The molecule has 0 aliphatic carbocycles. The Morgan fingerprint density at radius 1 is 0.929 bits per heavy atom. The topological polar surface area (TPSA) is 84.0 Å². The van der Waals surface area contributed by atoms with Gasteiger partial charge in [-0.3, -0.25) is 9.59 Å². The summed E-state index contributed by atoms with van der Waals surface area (Å²) in [4.78, 5) is 40.2. The van der Waals surface area contributed by atoms with Gasteiger partial charge in [-0.25, -0.2) is 13.8 Å². The molecule has 0 saturated carbocycles. The lowest BCUT2D eigenvalue weighted by Gasteiger charge is -2.08. The highest BCUT2D eigenvalue weighted by Crippen LogP contribution is 2.14. The molecule has 0 radical (unpaired) electrons. The Morgan fingerprint density at radius 2 is 1.71 bits per heavy atom. The average Bonchev–Trinajstić information content (AvgIpc) is 2.68. The molecule has 0 aliphatic heterocycles. The van der Waals surface area contributed by atoms with E-state index in [1.54, 1.807) is 36.4 Å². The molecule has 0 unspecified atom stereocenters. The van der Waals surface area contributed by atoms with Crippen molar-refractivity contribution in [2.75, 3.05) is 5.32 Å². The number of para-hydroxylation sites is 1. The fraction of sp³-hybridized carbons (Fsp3) is 0. The number of aromatic amines is 1. The molecule has 1 amide bonds. The Bertz CT molecular complexity index is 1310. The molecule has 6 nitrogen and oxygen atoms in total. The third-order valence-electron chi connectivity index (χ3n) is 4.26. The Kier molecular flexibility index (Phi) is 4.33. The number of hydrogen-bond donors (Lipinski definition) is 2. The first-order chi connectivity index (χ1) is 13.5. The maximum atomic E-state index is 13.3. The van der Waals surface area contributed by atoms with Crippen LogP contribution in [0.25, 0.3) is 16.6 Å². The van der Waals surface area contributed by atoms with Crippen molar-refractivity contribution in [1.82, 2.24) is 9.55 Å². The summed E-state index contributed by atoms with van der Waals surface area (Å²) in [7, 11) is 0. The summed E-state index contributed by atoms with van der Waals surface area (Å²) in [5.41, 5.74) is 0.133. The lowest BCUT2D eigenvalue weighted by Crippen LogP contribution is -2.33. The van der Waals surface area contributed by atoms with Gasteiger partial charge in [-0.1, -0.05) is 24.3 Å². The Morgan fingerprint density at radius 3 is 2.46 bits per heavy atom. The van der Waals surface area contributed by atoms with Crippen molar-refractivity contribution < 1.29 is 9.18 Å². The smallest absolute Gasteiger partial charge is 0.322 e. The van der Waals surface area contributed by atoms with Crippen LogP contribution in [0.1, 0.15) is 10.4 Å². The van der Waals surface area contributed by atoms with Crippen LogP contribution in [0.3, 0.4) is 0 Å². The van der Waals surface area contributed by atoms with Crippen LogP contribution < -0.4 is 16.6 Å². The number of benzene rings is 3. The van der Waals surface area contributed by atoms with E-state index in [2.05, 4.69) is 10.3 Å². The third kappa shape index (κ3) is 3.21. The van der Waals surface area contributed by atoms with Gasteiger partial charge >= 0.3 is 5.69 Å². The molecule has 4 rings (SSSR count). The van der Waals surface area contributed by atoms with Crippen molar-refractivity contribution in [2.24, 2.45) is 0 Å². The molecule has 1 heterocycles. The number of rotatable bonds is 3. The highest BCUT2D eigenvalue weighted by molar-refractivity contribution is 6.06. The Hall–Kier alpha value is -4.00. The zero-order chi connectivity index (χ0) is 19.7. The number of nitrogens with one attached hydrogen (secondary N) is 2. The van der Waals surface area contributed by atoms with Gasteiger partial charge in [-0.05, 0) is 48.5 Å². The van der Waals surface area contributed by atoms with Crippen LogP contribution in [0.4, 0.5) is 10.1 Å². The molecule has 28 heavy (non-hydrogen) atoms. The van der Waals surface area contributed by atoms with Gasteiger partial charge in [-0.15, -0.1) is 0 Å². The molecule has 0 fully saturated rings. The molecular weight excluding hydrogens is 361 g/mol. The monoisotopic (exact) mass is 375 g/mol. The van der Waals surface area contributed by atoms with Crippen LogP contribution in [-0.2, 0) is 0 Å². The molecule has 7 heteroatoms.